The van der Waals surface area contributed by atoms with Gasteiger partial charge in [-0.25, -0.2) is 4.39 Å². The van der Waals surface area contributed by atoms with E-state index < -0.39 is 11.9 Å². The molecule has 0 spiro atoms. The lowest BCUT2D eigenvalue weighted by molar-refractivity contribution is -0.138. The fourth-order valence-corrected chi connectivity index (χ4v) is 3.20. The maximum absolute atomic E-state index is 13.7. The van der Waals surface area contributed by atoms with Crippen LogP contribution in [-0.2, 0) is 23.0 Å². The van der Waals surface area contributed by atoms with Crippen molar-refractivity contribution in [2.75, 3.05) is 19.7 Å². The summed E-state index contributed by atoms with van der Waals surface area (Å²) >= 11 is 11.9. The Morgan fingerprint density at radius 2 is 2.21 bits per heavy atom. The van der Waals surface area contributed by atoms with Crippen molar-refractivity contribution in [1.29, 1.82) is 0 Å². The fourth-order valence-electron chi connectivity index (χ4n) is 2.70. The molecule has 8 heteroatoms. The Kier molecular flexibility index (Phi) is 5.08. The zero-order valence-corrected chi connectivity index (χ0v) is 14.5. The van der Waals surface area contributed by atoms with Gasteiger partial charge >= 0.3 is 0 Å². The van der Waals surface area contributed by atoms with E-state index in [1.54, 1.807) is 29.0 Å². The fraction of sp³-hybridized carbons (Fsp3) is 0.375. The smallest absolute Gasteiger partial charge is 0.227 e. The molecule has 0 saturated carbocycles. The molecular weight excluding hydrogens is 356 g/mol. The van der Waals surface area contributed by atoms with Crippen molar-refractivity contribution in [1.82, 2.24) is 14.7 Å². The Bertz CT molecular complexity index is 766. The quantitative estimate of drug-likeness (QED) is 0.779. The predicted octanol–water partition coefficient (Wildman–Crippen LogP) is 3.01. The second-order valence-corrected chi connectivity index (χ2v) is 6.50. The molecule has 1 fully saturated rings. The van der Waals surface area contributed by atoms with Gasteiger partial charge < -0.3 is 9.64 Å². The minimum Gasteiger partial charge on any atom is -0.370 e. The van der Waals surface area contributed by atoms with E-state index >= 15 is 0 Å². The summed E-state index contributed by atoms with van der Waals surface area (Å²) in [5.41, 5.74) is 1.35. The van der Waals surface area contributed by atoms with E-state index in [2.05, 4.69) is 5.10 Å². The first-order valence-corrected chi connectivity index (χ1v) is 8.21. The van der Waals surface area contributed by atoms with Crippen molar-refractivity contribution in [2.24, 2.45) is 7.05 Å². The summed E-state index contributed by atoms with van der Waals surface area (Å²) in [6.45, 7) is 1.17. The van der Waals surface area contributed by atoms with Crippen molar-refractivity contribution in [2.45, 2.75) is 12.5 Å². The van der Waals surface area contributed by atoms with E-state index in [0.717, 1.165) is 5.56 Å². The van der Waals surface area contributed by atoms with E-state index in [0.29, 0.717) is 30.3 Å². The number of amides is 1. The van der Waals surface area contributed by atoms with Gasteiger partial charge in [0.2, 0.25) is 5.91 Å². The average Bonchev–Trinajstić information content (AvgIpc) is 2.96. The summed E-state index contributed by atoms with van der Waals surface area (Å²) in [5, 5.41) is 4.35. The zero-order chi connectivity index (χ0) is 17.3. The molecule has 1 aliphatic rings. The molecule has 0 bridgehead atoms. The lowest BCUT2D eigenvalue weighted by atomic mass is 10.1. The van der Waals surface area contributed by atoms with Crippen LogP contribution in [0.5, 0.6) is 0 Å². The van der Waals surface area contributed by atoms with Crippen LogP contribution in [0.2, 0.25) is 10.0 Å². The highest BCUT2D eigenvalue weighted by Crippen LogP contribution is 2.32. The molecule has 1 unspecified atom stereocenters. The van der Waals surface area contributed by atoms with E-state index in [4.69, 9.17) is 27.9 Å². The molecule has 0 radical (unpaired) electrons. The standard InChI is InChI=1S/C16H16Cl2FN3O2/c1-21-8-10(7-20-21)4-16(23)22-2-3-24-15(9-22)11-5-14(19)13(18)6-12(11)17/h5-8,15H,2-4,9H2,1H3. The molecule has 2 heterocycles. The highest BCUT2D eigenvalue weighted by molar-refractivity contribution is 6.35. The molecule has 1 atom stereocenters. The number of carbonyl (C=O) groups is 1. The van der Waals surface area contributed by atoms with Crippen molar-refractivity contribution in [3.8, 4) is 0 Å². The third-order valence-corrected chi connectivity index (χ3v) is 4.54. The van der Waals surface area contributed by atoms with Crippen molar-refractivity contribution >= 4 is 29.1 Å². The number of hydrogen-bond acceptors (Lipinski definition) is 3. The normalized spacial score (nSPS) is 18.0. The van der Waals surface area contributed by atoms with Gasteiger partial charge in [-0.1, -0.05) is 23.2 Å². The molecule has 1 aliphatic heterocycles. The molecule has 0 N–H and O–H groups in total. The molecule has 1 saturated heterocycles. The first-order valence-electron chi connectivity index (χ1n) is 7.45. The van der Waals surface area contributed by atoms with Gasteiger partial charge in [0.15, 0.2) is 0 Å². The molecule has 1 aromatic heterocycles. The third-order valence-electron chi connectivity index (χ3n) is 3.92. The highest BCUT2D eigenvalue weighted by atomic mass is 35.5. The number of nitrogens with zero attached hydrogens (tertiary/aromatic N) is 3. The van der Waals surface area contributed by atoms with Gasteiger partial charge in [0.25, 0.3) is 0 Å². The monoisotopic (exact) mass is 371 g/mol. The Morgan fingerprint density at radius 1 is 1.42 bits per heavy atom. The zero-order valence-electron chi connectivity index (χ0n) is 13.0. The Labute approximate surface area is 148 Å². The maximum Gasteiger partial charge on any atom is 0.227 e. The van der Waals surface area contributed by atoms with Crippen LogP contribution in [0.3, 0.4) is 0 Å². The lowest BCUT2D eigenvalue weighted by Crippen LogP contribution is -2.43. The van der Waals surface area contributed by atoms with Gasteiger partial charge in [-0.3, -0.25) is 9.48 Å². The Morgan fingerprint density at radius 3 is 2.92 bits per heavy atom. The van der Waals surface area contributed by atoms with Crippen LogP contribution in [0, 0.1) is 5.82 Å². The van der Waals surface area contributed by atoms with E-state index in [-0.39, 0.29) is 17.4 Å². The Hall–Kier alpha value is -1.63. The summed E-state index contributed by atoms with van der Waals surface area (Å²) in [7, 11) is 1.80. The van der Waals surface area contributed by atoms with Gasteiger partial charge in [-0.15, -0.1) is 0 Å². The van der Waals surface area contributed by atoms with Gasteiger partial charge in [0.1, 0.15) is 11.9 Å². The number of morpholine rings is 1. The first kappa shape index (κ1) is 17.2. The van der Waals surface area contributed by atoms with Gasteiger partial charge in [-0.05, 0) is 17.7 Å². The molecular formula is C16H16Cl2FN3O2. The van der Waals surface area contributed by atoms with Crippen LogP contribution in [0.1, 0.15) is 17.2 Å². The van der Waals surface area contributed by atoms with E-state index in [1.165, 1.54) is 12.1 Å². The molecule has 1 amide bonds. The molecule has 3 rings (SSSR count). The van der Waals surface area contributed by atoms with Crippen LogP contribution < -0.4 is 0 Å². The van der Waals surface area contributed by atoms with Crippen molar-refractivity contribution < 1.29 is 13.9 Å². The number of aryl methyl sites for hydroxylation is 1. The van der Waals surface area contributed by atoms with Crippen LogP contribution >= 0.6 is 23.2 Å². The summed E-state index contributed by atoms with van der Waals surface area (Å²) in [6, 6.07) is 2.62. The van der Waals surface area contributed by atoms with E-state index in [1.807, 2.05) is 0 Å². The largest absolute Gasteiger partial charge is 0.370 e. The minimum atomic E-state index is -0.557. The lowest BCUT2D eigenvalue weighted by Gasteiger charge is -2.33. The van der Waals surface area contributed by atoms with Crippen LogP contribution in [0.4, 0.5) is 4.39 Å². The second kappa shape index (κ2) is 7.09. The highest BCUT2D eigenvalue weighted by Gasteiger charge is 2.27. The van der Waals surface area contributed by atoms with Gasteiger partial charge in [0, 0.05) is 30.4 Å². The molecule has 1 aromatic carbocycles. The third kappa shape index (κ3) is 3.71. The number of ether oxygens (including phenoxy) is 1. The number of carbonyl (C=O) groups excluding carboxylic acids is 1. The molecule has 0 aliphatic carbocycles. The van der Waals surface area contributed by atoms with Crippen molar-refractivity contribution in [3.05, 3.63) is 51.5 Å². The summed E-state index contributed by atoms with van der Waals surface area (Å²) in [5.74, 6) is -0.583. The number of hydrogen-bond donors (Lipinski definition) is 0. The maximum atomic E-state index is 13.7. The number of rotatable bonds is 3. The SMILES string of the molecule is Cn1cc(CC(=O)N2CCOC(c3cc(F)c(Cl)cc3Cl)C2)cn1. The Balaban J connectivity index is 1.72. The molecule has 24 heavy (non-hydrogen) atoms. The second-order valence-electron chi connectivity index (χ2n) is 5.69. The first-order chi connectivity index (χ1) is 11.4. The predicted molar refractivity (Wildman–Crippen MR) is 88.6 cm³/mol. The summed E-state index contributed by atoms with van der Waals surface area (Å²) < 4.78 is 21.0. The van der Waals surface area contributed by atoms with Gasteiger partial charge in [0.05, 0.1) is 30.8 Å². The number of benzene rings is 1. The molecule has 2 aromatic rings. The molecule has 128 valence electrons. The topological polar surface area (TPSA) is 47.4 Å². The molecule has 5 nitrogen and oxygen atoms in total. The minimum absolute atomic E-state index is 0.0261. The number of aromatic nitrogens is 2. The number of halogens is 3. The van der Waals surface area contributed by atoms with Crippen LogP contribution in [0.25, 0.3) is 0 Å². The summed E-state index contributed by atoms with van der Waals surface area (Å²) in [4.78, 5) is 14.2. The van der Waals surface area contributed by atoms with E-state index in [9.17, 15) is 9.18 Å². The van der Waals surface area contributed by atoms with Gasteiger partial charge in [-0.2, -0.15) is 5.10 Å². The van der Waals surface area contributed by atoms with Crippen LogP contribution in [-0.4, -0.2) is 40.3 Å². The van der Waals surface area contributed by atoms with Crippen LogP contribution in [0.15, 0.2) is 24.5 Å². The van der Waals surface area contributed by atoms with Crippen molar-refractivity contribution in [3.63, 3.8) is 0 Å². The summed E-state index contributed by atoms with van der Waals surface area (Å²) in [6.07, 6.45) is 3.27. The average molecular weight is 372 g/mol.